The molecule has 0 radical (unpaired) electrons. The lowest BCUT2D eigenvalue weighted by atomic mass is 10.0. The third-order valence-corrected chi connectivity index (χ3v) is 6.08. The SMILES string of the molecule is Cc1cc(C(C(=O)NCc2ccc(NCS(=O)[O-])cc2)N2CCCCC2)nc(-n2ccnc2)n1. The van der Waals surface area contributed by atoms with Crippen LogP contribution in [0.25, 0.3) is 5.95 Å². The molecule has 1 saturated heterocycles. The summed E-state index contributed by atoms with van der Waals surface area (Å²) in [6.07, 6.45) is 8.34. The van der Waals surface area contributed by atoms with Crippen LogP contribution in [0.3, 0.4) is 0 Å². The molecule has 2 atom stereocenters. The molecule has 180 valence electrons. The van der Waals surface area contributed by atoms with Crippen molar-refractivity contribution in [3.05, 3.63) is 66.0 Å². The van der Waals surface area contributed by atoms with Gasteiger partial charge < -0.3 is 15.2 Å². The number of nitrogens with one attached hydrogen (secondary N) is 2. The van der Waals surface area contributed by atoms with Crippen molar-refractivity contribution >= 4 is 22.7 Å². The number of nitrogens with zero attached hydrogens (tertiary/aromatic N) is 5. The molecule has 0 bridgehead atoms. The average molecular weight is 483 g/mol. The highest BCUT2D eigenvalue weighted by Crippen LogP contribution is 2.25. The monoisotopic (exact) mass is 482 g/mol. The Morgan fingerprint density at radius 3 is 2.62 bits per heavy atom. The Morgan fingerprint density at radius 1 is 1.18 bits per heavy atom. The molecule has 4 rings (SSSR count). The van der Waals surface area contributed by atoms with Gasteiger partial charge in [0.2, 0.25) is 11.9 Å². The van der Waals surface area contributed by atoms with Crippen LogP contribution < -0.4 is 10.6 Å². The third-order valence-electron chi connectivity index (χ3n) is 5.70. The standard InChI is InChI=1S/C23H29N7O3S/c1-17-13-20(28-23(27-17)30-12-9-24-15-30)21(29-10-3-2-4-11-29)22(31)25-14-18-5-7-19(8-6-18)26-16-34(32)33/h5-9,12-13,15,21,26H,2-4,10-11,14,16H2,1H3,(H,25,31)(H,32,33)/p-1. The van der Waals surface area contributed by atoms with Crippen molar-refractivity contribution in [1.82, 2.24) is 29.7 Å². The molecule has 1 aliphatic rings. The number of aromatic nitrogens is 4. The van der Waals surface area contributed by atoms with Gasteiger partial charge in [-0.2, -0.15) is 0 Å². The molecule has 1 fully saturated rings. The summed E-state index contributed by atoms with van der Waals surface area (Å²) in [6.45, 7) is 3.93. The first-order chi connectivity index (χ1) is 16.5. The number of aryl methyl sites for hydroxylation is 1. The zero-order valence-corrected chi connectivity index (χ0v) is 19.8. The molecule has 2 N–H and O–H groups in total. The number of imidazole rings is 1. The van der Waals surface area contributed by atoms with Gasteiger partial charge in [-0.15, -0.1) is 0 Å². The van der Waals surface area contributed by atoms with E-state index in [2.05, 4.69) is 25.5 Å². The second-order valence-corrected chi connectivity index (χ2v) is 9.14. The van der Waals surface area contributed by atoms with Crippen molar-refractivity contribution in [2.24, 2.45) is 0 Å². The van der Waals surface area contributed by atoms with Crippen LogP contribution in [0.15, 0.2) is 49.1 Å². The second kappa shape index (κ2) is 11.3. The summed E-state index contributed by atoms with van der Waals surface area (Å²) in [7, 11) is 0. The number of hydrogen-bond acceptors (Lipinski definition) is 8. The first-order valence-electron chi connectivity index (χ1n) is 11.2. The van der Waals surface area contributed by atoms with Gasteiger partial charge in [-0.25, -0.2) is 15.0 Å². The predicted octanol–water partition coefficient (Wildman–Crippen LogP) is 2.06. The quantitative estimate of drug-likeness (QED) is 0.444. The molecular weight excluding hydrogens is 454 g/mol. The van der Waals surface area contributed by atoms with Gasteiger partial charge in [0.15, 0.2) is 0 Å². The van der Waals surface area contributed by atoms with E-state index in [0.29, 0.717) is 23.9 Å². The van der Waals surface area contributed by atoms with Gasteiger partial charge in [0.05, 0.1) is 11.6 Å². The highest BCUT2D eigenvalue weighted by atomic mass is 32.2. The van der Waals surface area contributed by atoms with Gasteiger partial charge in [0.1, 0.15) is 12.4 Å². The van der Waals surface area contributed by atoms with E-state index in [1.54, 1.807) is 35.4 Å². The zero-order valence-electron chi connectivity index (χ0n) is 19.0. The lowest BCUT2D eigenvalue weighted by Crippen LogP contribution is -2.43. The van der Waals surface area contributed by atoms with Crippen LogP contribution in [-0.2, 0) is 22.4 Å². The van der Waals surface area contributed by atoms with E-state index in [0.717, 1.165) is 43.6 Å². The number of piperidine rings is 1. The van der Waals surface area contributed by atoms with Gasteiger partial charge >= 0.3 is 0 Å². The lowest BCUT2D eigenvalue weighted by molar-refractivity contribution is -0.127. The van der Waals surface area contributed by atoms with E-state index in [9.17, 15) is 13.6 Å². The highest BCUT2D eigenvalue weighted by Gasteiger charge is 2.30. The Balaban J connectivity index is 1.51. The minimum Gasteiger partial charge on any atom is -0.771 e. The maximum absolute atomic E-state index is 13.5. The zero-order chi connectivity index (χ0) is 23.9. The fraction of sp³-hybridized carbons (Fsp3) is 0.391. The summed E-state index contributed by atoms with van der Waals surface area (Å²) in [5.74, 6) is 0.234. The number of carbonyl (C=O) groups is 1. The summed E-state index contributed by atoms with van der Waals surface area (Å²) in [4.78, 5) is 29.0. The molecule has 1 aromatic carbocycles. The fourth-order valence-electron chi connectivity index (χ4n) is 4.04. The Bertz CT molecular complexity index is 1120. The summed E-state index contributed by atoms with van der Waals surface area (Å²) >= 11 is -2.16. The van der Waals surface area contributed by atoms with Crippen LogP contribution in [0.4, 0.5) is 5.69 Å². The molecule has 2 unspecified atom stereocenters. The molecular formula is C23H28N7O3S-. The van der Waals surface area contributed by atoms with Gasteiger partial charge in [0, 0.05) is 30.3 Å². The normalized spacial score (nSPS) is 16.1. The molecule has 11 heteroatoms. The minimum absolute atomic E-state index is 0.111. The molecule has 0 saturated carbocycles. The van der Waals surface area contributed by atoms with Crippen molar-refractivity contribution in [3.8, 4) is 5.95 Å². The summed E-state index contributed by atoms with van der Waals surface area (Å²) in [6, 6.07) is 8.66. The molecule has 34 heavy (non-hydrogen) atoms. The number of carbonyl (C=O) groups excluding carboxylic acids is 1. The van der Waals surface area contributed by atoms with Crippen molar-refractivity contribution < 1.29 is 13.6 Å². The summed E-state index contributed by atoms with van der Waals surface area (Å²) in [5, 5.41) is 5.87. The topological polar surface area (TPSA) is 128 Å². The van der Waals surface area contributed by atoms with Crippen LogP contribution in [0, 0.1) is 6.92 Å². The summed E-state index contributed by atoms with van der Waals surface area (Å²) in [5.41, 5.74) is 3.07. The molecule has 0 aliphatic carbocycles. The number of likely N-dealkylation sites (tertiary alicyclic amines) is 1. The smallest absolute Gasteiger partial charge is 0.243 e. The molecule has 10 nitrogen and oxygen atoms in total. The van der Waals surface area contributed by atoms with Crippen molar-refractivity contribution in [2.75, 3.05) is 24.3 Å². The Morgan fingerprint density at radius 2 is 1.94 bits per heavy atom. The van der Waals surface area contributed by atoms with Crippen LogP contribution in [0.5, 0.6) is 0 Å². The Kier molecular flexibility index (Phi) is 7.99. The maximum Gasteiger partial charge on any atom is 0.243 e. The van der Waals surface area contributed by atoms with Crippen LogP contribution in [-0.4, -0.2) is 58.1 Å². The van der Waals surface area contributed by atoms with E-state index in [1.807, 2.05) is 25.1 Å². The Labute approximate surface area is 201 Å². The first-order valence-corrected chi connectivity index (χ1v) is 12.5. The van der Waals surface area contributed by atoms with Gasteiger partial charge in [-0.1, -0.05) is 18.6 Å². The minimum atomic E-state index is -2.16. The van der Waals surface area contributed by atoms with Crippen LogP contribution in [0.1, 0.15) is 42.3 Å². The number of anilines is 1. The van der Waals surface area contributed by atoms with Crippen molar-refractivity contribution in [3.63, 3.8) is 0 Å². The lowest BCUT2D eigenvalue weighted by Gasteiger charge is -2.33. The van der Waals surface area contributed by atoms with Crippen molar-refractivity contribution in [2.45, 2.75) is 38.8 Å². The first kappa shape index (κ1) is 24.0. The van der Waals surface area contributed by atoms with Crippen LogP contribution in [0.2, 0.25) is 0 Å². The maximum atomic E-state index is 13.5. The Hall–Kier alpha value is -3.15. The number of rotatable bonds is 9. The molecule has 1 aliphatic heterocycles. The summed E-state index contributed by atoms with van der Waals surface area (Å²) < 4.78 is 23.2. The van der Waals surface area contributed by atoms with E-state index < -0.39 is 17.1 Å². The van der Waals surface area contributed by atoms with E-state index in [4.69, 9.17) is 4.98 Å². The number of benzene rings is 1. The number of hydrogen-bond donors (Lipinski definition) is 2. The van der Waals surface area contributed by atoms with Gasteiger partial charge in [0.25, 0.3) is 0 Å². The van der Waals surface area contributed by atoms with E-state index in [-0.39, 0.29) is 11.8 Å². The average Bonchev–Trinajstić information content (AvgIpc) is 3.38. The van der Waals surface area contributed by atoms with Gasteiger partial charge in [-0.05, 0) is 67.7 Å². The van der Waals surface area contributed by atoms with Crippen LogP contribution >= 0.6 is 0 Å². The molecule has 3 aromatic rings. The third kappa shape index (κ3) is 6.25. The van der Waals surface area contributed by atoms with Crippen molar-refractivity contribution in [1.29, 1.82) is 0 Å². The van der Waals surface area contributed by atoms with E-state index in [1.165, 1.54) is 0 Å². The highest BCUT2D eigenvalue weighted by molar-refractivity contribution is 7.79. The molecule has 2 aromatic heterocycles. The van der Waals surface area contributed by atoms with Gasteiger partial charge in [-0.3, -0.25) is 18.5 Å². The second-order valence-electron chi connectivity index (χ2n) is 8.24. The predicted molar refractivity (Wildman–Crippen MR) is 128 cm³/mol. The molecule has 0 spiro atoms. The largest absolute Gasteiger partial charge is 0.771 e. The fourth-order valence-corrected chi connectivity index (χ4v) is 4.33. The van der Waals surface area contributed by atoms with E-state index >= 15 is 0 Å². The molecule has 3 heterocycles. The number of amides is 1. The molecule has 1 amide bonds.